The van der Waals surface area contributed by atoms with Crippen LogP contribution in [-0.4, -0.2) is 37.8 Å². The zero-order chi connectivity index (χ0) is 21.8. The molecular formula is C19H22N4O5S. The van der Waals surface area contributed by atoms with Gasteiger partial charge in [-0.2, -0.15) is 5.10 Å². The molecule has 0 heterocycles. The number of nitro groups is 1. The molecule has 0 aliphatic carbocycles. The smallest absolute Gasteiger partial charge is 0.270 e. The van der Waals surface area contributed by atoms with E-state index in [1.165, 1.54) is 18.2 Å². The number of nitro benzene ring substituents is 1. The molecule has 1 amide bonds. The van der Waals surface area contributed by atoms with Gasteiger partial charge in [-0.05, 0) is 44.0 Å². The molecule has 2 rings (SSSR count). The van der Waals surface area contributed by atoms with Crippen LogP contribution in [-0.2, 0) is 14.8 Å². The van der Waals surface area contributed by atoms with E-state index in [-0.39, 0.29) is 5.69 Å². The Hall–Kier alpha value is -3.27. The number of nitrogens with one attached hydrogen (secondary N) is 1. The molecule has 10 heteroatoms. The van der Waals surface area contributed by atoms with Gasteiger partial charge in [0.2, 0.25) is 10.0 Å². The number of aryl methyl sites for hydroxylation is 2. The lowest BCUT2D eigenvalue weighted by Crippen LogP contribution is -2.39. The molecule has 0 fully saturated rings. The van der Waals surface area contributed by atoms with Crippen LogP contribution in [0.25, 0.3) is 0 Å². The number of non-ortho nitro benzene ring substituents is 1. The minimum absolute atomic E-state index is 0.0959. The summed E-state index contributed by atoms with van der Waals surface area (Å²) in [6.45, 7) is 4.80. The molecule has 2 aromatic carbocycles. The van der Waals surface area contributed by atoms with Crippen LogP contribution in [0.2, 0.25) is 0 Å². The van der Waals surface area contributed by atoms with Gasteiger partial charge < -0.3 is 0 Å². The number of anilines is 1. The maximum Gasteiger partial charge on any atom is 0.270 e. The van der Waals surface area contributed by atoms with Crippen molar-refractivity contribution >= 4 is 33.0 Å². The summed E-state index contributed by atoms with van der Waals surface area (Å²) in [5, 5.41) is 14.8. The van der Waals surface area contributed by atoms with Crippen molar-refractivity contribution in [1.82, 2.24) is 5.43 Å². The maximum atomic E-state index is 12.3. The average Bonchev–Trinajstić information content (AvgIpc) is 2.62. The van der Waals surface area contributed by atoms with Crippen LogP contribution < -0.4 is 9.73 Å². The molecule has 0 bridgehead atoms. The minimum Gasteiger partial charge on any atom is -0.271 e. The Balaban J connectivity index is 2.19. The predicted molar refractivity (Wildman–Crippen MR) is 112 cm³/mol. The first kappa shape index (κ1) is 22.0. The molecule has 154 valence electrons. The molecule has 0 saturated heterocycles. The van der Waals surface area contributed by atoms with Gasteiger partial charge in [0.1, 0.15) is 6.54 Å². The van der Waals surface area contributed by atoms with E-state index in [2.05, 4.69) is 10.5 Å². The monoisotopic (exact) mass is 418 g/mol. The van der Waals surface area contributed by atoms with Crippen molar-refractivity contribution in [3.63, 3.8) is 0 Å². The van der Waals surface area contributed by atoms with Gasteiger partial charge in [-0.25, -0.2) is 13.8 Å². The summed E-state index contributed by atoms with van der Waals surface area (Å²) in [5.74, 6) is -0.639. The summed E-state index contributed by atoms with van der Waals surface area (Å²) in [4.78, 5) is 22.7. The molecule has 0 saturated carbocycles. The third-order valence-corrected chi connectivity index (χ3v) is 5.15. The topological polar surface area (TPSA) is 122 Å². The highest BCUT2D eigenvalue weighted by Gasteiger charge is 2.21. The number of sulfonamides is 1. The van der Waals surface area contributed by atoms with Crippen LogP contribution in [0.15, 0.2) is 47.6 Å². The fourth-order valence-electron chi connectivity index (χ4n) is 2.72. The number of rotatable bonds is 7. The Morgan fingerprint density at radius 1 is 1.17 bits per heavy atom. The Bertz CT molecular complexity index is 1060. The molecule has 9 nitrogen and oxygen atoms in total. The summed E-state index contributed by atoms with van der Waals surface area (Å²) < 4.78 is 25.4. The van der Waals surface area contributed by atoms with Gasteiger partial charge in [0, 0.05) is 17.7 Å². The third kappa shape index (κ3) is 6.11. The molecule has 29 heavy (non-hydrogen) atoms. The summed E-state index contributed by atoms with van der Waals surface area (Å²) in [6, 6.07) is 11.1. The van der Waals surface area contributed by atoms with E-state index in [1.807, 2.05) is 19.9 Å². The quantitative estimate of drug-likeness (QED) is 0.421. The first-order valence-electron chi connectivity index (χ1n) is 8.61. The van der Waals surface area contributed by atoms with E-state index >= 15 is 0 Å². The number of hydrogen-bond acceptors (Lipinski definition) is 6. The lowest BCUT2D eigenvalue weighted by molar-refractivity contribution is -0.384. The Labute approximate surface area is 169 Å². The molecule has 0 spiro atoms. The van der Waals surface area contributed by atoms with Gasteiger partial charge in [-0.15, -0.1) is 0 Å². The number of hydrogen-bond donors (Lipinski definition) is 1. The minimum atomic E-state index is -3.70. The zero-order valence-electron chi connectivity index (χ0n) is 16.5. The van der Waals surface area contributed by atoms with Crippen LogP contribution in [0, 0.1) is 24.0 Å². The molecule has 0 aliphatic rings. The van der Waals surface area contributed by atoms with Crippen molar-refractivity contribution in [3.8, 4) is 0 Å². The van der Waals surface area contributed by atoms with Crippen LogP contribution in [0.4, 0.5) is 11.4 Å². The fraction of sp³-hybridized carbons (Fsp3) is 0.263. The summed E-state index contributed by atoms with van der Waals surface area (Å²) >= 11 is 0. The second kappa shape index (κ2) is 8.82. The molecule has 1 N–H and O–H groups in total. The van der Waals surface area contributed by atoms with Crippen LogP contribution >= 0.6 is 0 Å². The average molecular weight is 418 g/mol. The first-order chi connectivity index (χ1) is 13.5. The van der Waals surface area contributed by atoms with E-state index in [0.717, 1.165) is 21.7 Å². The number of benzene rings is 2. The summed E-state index contributed by atoms with van der Waals surface area (Å²) in [7, 11) is -3.70. The van der Waals surface area contributed by atoms with E-state index in [0.29, 0.717) is 17.0 Å². The fourth-order valence-corrected chi connectivity index (χ4v) is 3.56. The van der Waals surface area contributed by atoms with Gasteiger partial charge in [0.25, 0.3) is 11.6 Å². The molecule has 0 aliphatic heterocycles. The second-order valence-electron chi connectivity index (χ2n) is 6.66. The third-order valence-electron chi connectivity index (χ3n) is 4.01. The van der Waals surface area contributed by atoms with Crippen molar-refractivity contribution in [1.29, 1.82) is 0 Å². The summed E-state index contributed by atoms with van der Waals surface area (Å²) in [5.41, 5.74) is 5.15. The lowest BCUT2D eigenvalue weighted by Gasteiger charge is -2.22. The molecule has 0 atom stereocenters. The van der Waals surface area contributed by atoms with E-state index in [1.54, 1.807) is 25.1 Å². The number of amides is 1. The van der Waals surface area contributed by atoms with Crippen LogP contribution in [0.3, 0.4) is 0 Å². The predicted octanol–water partition coefficient (Wildman–Crippen LogP) is 2.52. The highest BCUT2D eigenvalue weighted by Crippen LogP contribution is 2.21. The lowest BCUT2D eigenvalue weighted by atomic mass is 10.1. The largest absolute Gasteiger partial charge is 0.271 e. The highest BCUT2D eigenvalue weighted by atomic mass is 32.2. The van der Waals surface area contributed by atoms with Crippen molar-refractivity contribution in [2.24, 2.45) is 5.10 Å². The van der Waals surface area contributed by atoms with Crippen molar-refractivity contribution < 1.29 is 18.1 Å². The first-order valence-corrected chi connectivity index (χ1v) is 10.5. The van der Waals surface area contributed by atoms with Crippen molar-refractivity contribution in [2.75, 3.05) is 17.1 Å². The molecule has 0 aromatic heterocycles. The number of nitrogens with zero attached hydrogens (tertiary/aromatic N) is 3. The van der Waals surface area contributed by atoms with E-state index in [4.69, 9.17) is 0 Å². The van der Waals surface area contributed by atoms with Gasteiger partial charge in [0.05, 0.1) is 22.6 Å². The Kier molecular flexibility index (Phi) is 6.70. The summed E-state index contributed by atoms with van der Waals surface area (Å²) in [6.07, 6.45) is 1.02. The van der Waals surface area contributed by atoms with Crippen LogP contribution in [0.5, 0.6) is 0 Å². The number of carbonyl (C=O) groups is 1. The standard InChI is InChI=1S/C19H22N4O5S/c1-13-8-14(2)10-18(9-13)22(29(4,27)28)12-19(24)21-20-15(3)16-6-5-7-17(11-16)23(25)26/h5-11H,12H2,1-4H3,(H,21,24)/b20-15-. The van der Waals surface area contributed by atoms with Gasteiger partial charge in [-0.3, -0.25) is 19.2 Å². The molecular weight excluding hydrogens is 396 g/mol. The van der Waals surface area contributed by atoms with Gasteiger partial charge >= 0.3 is 0 Å². The van der Waals surface area contributed by atoms with Crippen molar-refractivity contribution in [2.45, 2.75) is 20.8 Å². The van der Waals surface area contributed by atoms with E-state index < -0.39 is 27.4 Å². The SMILES string of the molecule is C/C(=N/NC(=O)CN(c1cc(C)cc(C)c1)S(C)(=O)=O)c1cccc([N+](=O)[O-])c1. The molecule has 0 radical (unpaired) electrons. The van der Waals surface area contributed by atoms with Crippen LogP contribution in [0.1, 0.15) is 23.6 Å². The van der Waals surface area contributed by atoms with Crippen molar-refractivity contribution in [3.05, 3.63) is 69.3 Å². The number of carbonyl (C=O) groups excluding carboxylic acids is 1. The Morgan fingerprint density at radius 2 is 1.79 bits per heavy atom. The van der Waals surface area contributed by atoms with Gasteiger partial charge in [-0.1, -0.05) is 18.2 Å². The normalized spacial score (nSPS) is 11.8. The highest BCUT2D eigenvalue weighted by molar-refractivity contribution is 7.92. The second-order valence-corrected chi connectivity index (χ2v) is 8.56. The Morgan fingerprint density at radius 3 is 2.34 bits per heavy atom. The van der Waals surface area contributed by atoms with E-state index in [9.17, 15) is 23.3 Å². The maximum absolute atomic E-state index is 12.3. The molecule has 0 unspecified atom stereocenters. The molecule has 2 aromatic rings. The van der Waals surface area contributed by atoms with Gasteiger partial charge in [0.15, 0.2) is 0 Å². The number of hydrazone groups is 1. The zero-order valence-corrected chi connectivity index (χ0v) is 17.4.